The summed E-state index contributed by atoms with van der Waals surface area (Å²) in [4.78, 5) is 2.28. The van der Waals surface area contributed by atoms with E-state index in [1.165, 1.54) is 25.0 Å². The molecule has 98 valence electrons. The fourth-order valence-corrected chi connectivity index (χ4v) is 2.66. The van der Waals surface area contributed by atoms with Gasteiger partial charge in [-0.2, -0.15) is 0 Å². The van der Waals surface area contributed by atoms with Gasteiger partial charge in [0.05, 0.1) is 0 Å². The van der Waals surface area contributed by atoms with Crippen molar-refractivity contribution in [2.45, 2.75) is 12.8 Å². The summed E-state index contributed by atoms with van der Waals surface area (Å²) in [5, 5.41) is 0. The Kier molecular flexibility index (Phi) is 3.20. The van der Waals surface area contributed by atoms with Crippen molar-refractivity contribution in [3.8, 4) is 11.1 Å². The van der Waals surface area contributed by atoms with Crippen LogP contribution in [0.4, 0.5) is 14.5 Å². The van der Waals surface area contributed by atoms with E-state index in [1.54, 1.807) is 0 Å². The molecule has 1 nitrogen and oxygen atoms in total. The van der Waals surface area contributed by atoms with Gasteiger partial charge in [0.2, 0.25) is 0 Å². The minimum Gasteiger partial charge on any atom is -0.371 e. The molecule has 2 aromatic rings. The molecular formula is C16H15F2N. The molecule has 3 heteroatoms. The zero-order chi connectivity index (χ0) is 13.2. The summed E-state index contributed by atoms with van der Waals surface area (Å²) in [5.41, 5.74) is 2.55. The second-order valence-electron chi connectivity index (χ2n) is 4.87. The van der Waals surface area contributed by atoms with Crippen LogP contribution in [0.25, 0.3) is 11.1 Å². The maximum absolute atomic E-state index is 13.4. The van der Waals surface area contributed by atoms with Gasteiger partial charge in [-0.3, -0.25) is 0 Å². The standard InChI is InChI=1S/C16H15F2N/c17-13-9-12(10-14(18)11-13)15-5-1-2-6-16(15)19-7-3-4-8-19/h1-2,5-6,9-11H,3-4,7-8H2. The summed E-state index contributed by atoms with van der Waals surface area (Å²) < 4.78 is 26.7. The topological polar surface area (TPSA) is 3.24 Å². The van der Waals surface area contributed by atoms with Crippen molar-refractivity contribution in [3.05, 3.63) is 54.1 Å². The van der Waals surface area contributed by atoms with Gasteiger partial charge in [-0.15, -0.1) is 0 Å². The van der Waals surface area contributed by atoms with E-state index in [1.807, 2.05) is 24.3 Å². The van der Waals surface area contributed by atoms with E-state index in [-0.39, 0.29) is 0 Å². The molecule has 0 aromatic heterocycles. The Morgan fingerprint density at radius 3 is 2.16 bits per heavy atom. The van der Waals surface area contributed by atoms with Gasteiger partial charge in [0, 0.05) is 30.4 Å². The lowest BCUT2D eigenvalue weighted by Gasteiger charge is -2.21. The minimum absolute atomic E-state index is 0.536. The van der Waals surface area contributed by atoms with Crippen molar-refractivity contribution in [1.82, 2.24) is 0 Å². The Bertz CT molecular complexity index is 569. The molecule has 19 heavy (non-hydrogen) atoms. The number of anilines is 1. The van der Waals surface area contributed by atoms with Gasteiger partial charge in [0.15, 0.2) is 0 Å². The second kappa shape index (κ2) is 5.00. The Morgan fingerprint density at radius 2 is 1.47 bits per heavy atom. The zero-order valence-electron chi connectivity index (χ0n) is 10.6. The molecule has 0 amide bonds. The van der Waals surface area contributed by atoms with Crippen LogP contribution in [0, 0.1) is 11.6 Å². The quantitative estimate of drug-likeness (QED) is 0.780. The average Bonchev–Trinajstić information content (AvgIpc) is 2.91. The molecule has 2 aromatic carbocycles. The van der Waals surface area contributed by atoms with Crippen molar-refractivity contribution >= 4 is 5.69 Å². The van der Waals surface area contributed by atoms with Crippen LogP contribution in [0.5, 0.6) is 0 Å². The third kappa shape index (κ3) is 2.46. The molecule has 0 bridgehead atoms. The first-order chi connectivity index (χ1) is 9.24. The van der Waals surface area contributed by atoms with E-state index in [2.05, 4.69) is 4.90 Å². The monoisotopic (exact) mass is 259 g/mol. The van der Waals surface area contributed by atoms with Crippen LogP contribution in [0.2, 0.25) is 0 Å². The molecule has 3 rings (SSSR count). The van der Waals surface area contributed by atoms with E-state index in [0.717, 1.165) is 30.4 Å². The Morgan fingerprint density at radius 1 is 0.842 bits per heavy atom. The Labute approximate surface area is 111 Å². The maximum Gasteiger partial charge on any atom is 0.126 e. The molecule has 0 atom stereocenters. The molecule has 0 radical (unpaired) electrons. The number of benzene rings is 2. The highest BCUT2D eigenvalue weighted by atomic mass is 19.1. The summed E-state index contributed by atoms with van der Waals surface area (Å²) in [5.74, 6) is -1.07. The van der Waals surface area contributed by atoms with Crippen molar-refractivity contribution in [3.63, 3.8) is 0 Å². The molecule has 1 fully saturated rings. The van der Waals surface area contributed by atoms with E-state index in [4.69, 9.17) is 0 Å². The molecular weight excluding hydrogens is 244 g/mol. The third-order valence-corrected chi connectivity index (χ3v) is 3.52. The minimum atomic E-state index is -0.536. The summed E-state index contributed by atoms with van der Waals surface area (Å²) in [6, 6.07) is 11.5. The van der Waals surface area contributed by atoms with Gasteiger partial charge in [0.1, 0.15) is 11.6 Å². The van der Waals surface area contributed by atoms with Crippen LogP contribution in [-0.4, -0.2) is 13.1 Å². The number of halogens is 2. The highest BCUT2D eigenvalue weighted by Gasteiger charge is 2.16. The largest absolute Gasteiger partial charge is 0.371 e. The first-order valence-electron chi connectivity index (χ1n) is 6.54. The number of hydrogen-bond donors (Lipinski definition) is 0. The fourth-order valence-electron chi connectivity index (χ4n) is 2.66. The highest BCUT2D eigenvalue weighted by molar-refractivity contribution is 5.78. The molecule has 1 aliphatic heterocycles. The molecule has 0 unspecified atom stereocenters. The average molecular weight is 259 g/mol. The van der Waals surface area contributed by atoms with E-state index in [0.29, 0.717) is 5.56 Å². The Hall–Kier alpha value is -1.90. The number of rotatable bonds is 2. The smallest absolute Gasteiger partial charge is 0.126 e. The molecule has 1 heterocycles. The van der Waals surface area contributed by atoms with E-state index >= 15 is 0 Å². The number of nitrogens with zero attached hydrogens (tertiary/aromatic N) is 1. The predicted octanol–water partition coefficient (Wildman–Crippen LogP) is 4.23. The van der Waals surface area contributed by atoms with Crippen LogP contribution in [0.1, 0.15) is 12.8 Å². The molecule has 1 aliphatic rings. The van der Waals surface area contributed by atoms with Gasteiger partial charge in [0.25, 0.3) is 0 Å². The van der Waals surface area contributed by atoms with Crippen LogP contribution in [0.15, 0.2) is 42.5 Å². The molecule has 0 saturated carbocycles. The van der Waals surface area contributed by atoms with Gasteiger partial charge < -0.3 is 4.90 Å². The lowest BCUT2D eigenvalue weighted by atomic mass is 10.0. The zero-order valence-corrected chi connectivity index (χ0v) is 10.6. The highest BCUT2D eigenvalue weighted by Crippen LogP contribution is 2.33. The third-order valence-electron chi connectivity index (χ3n) is 3.52. The fraction of sp³-hybridized carbons (Fsp3) is 0.250. The van der Waals surface area contributed by atoms with Crippen molar-refractivity contribution < 1.29 is 8.78 Å². The van der Waals surface area contributed by atoms with Crippen LogP contribution < -0.4 is 4.90 Å². The van der Waals surface area contributed by atoms with Gasteiger partial charge in [-0.25, -0.2) is 8.78 Å². The summed E-state index contributed by atoms with van der Waals surface area (Å²) in [6.07, 6.45) is 2.34. The Balaban J connectivity index is 2.08. The molecule has 1 saturated heterocycles. The SMILES string of the molecule is Fc1cc(F)cc(-c2ccccc2N2CCCC2)c1. The van der Waals surface area contributed by atoms with Crippen LogP contribution >= 0.6 is 0 Å². The lowest BCUT2D eigenvalue weighted by molar-refractivity contribution is 0.584. The van der Waals surface area contributed by atoms with E-state index in [9.17, 15) is 8.78 Å². The van der Waals surface area contributed by atoms with Gasteiger partial charge in [-0.1, -0.05) is 18.2 Å². The van der Waals surface area contributed by atoms with Crippen LogP contribution in [-0.2, 0) is 0 Å². The van der Waals surface area contributed by atoms with Gasteiger partial charge >= 0.3 is 0 Å². The molecule has 0 N–H and O–H groups in total. The molecule has 0 aliphatic carbocycles. The van der Waals surface area contributed by atoms with Crippen molar-refractivity contribution in [2.75, 3.05) is 18.0 Å². The second-order valence-corrected chi connectivity index (χ2v) is 4.87. The van der Waals surface area contributed by atoms with Crippen molar-refractivity contribution in [1.29, 1.82) is 0 Å². The van der Waals surface area contributed by atoms with Crippen molar-refractivity contribution in [2.24, 2.45) is 0 Å². The summed E-state index contributed by atoms with van der Waals surface area (Å²) >= 11 is 0. The first kappa shape index (κ1) is 12.2. The van der Waals surface area contributed by atoms with E-state index < -0.39 is 11.6 Å². The lowest BCUT2D eigenvalue weighted by Crippen LogP contribution is -2.18. The number of para-hydroxylation sites is 1. The predicted molar refractivity (Wildman–Crippen MR) is 73.2 cm³/mol. The number of hydrogen-bond acceptors (Lipinski definition) is 1. The summed E-state index contributed by atoms with van der Waals surface area (Å²) in [6.45, 7) is 2.02. The van der Waals surface area contributed by atoms with Gasteiger partial charge in [-0.05, 0) is 36.6 Å². The molecule has 0 spiro atoms. The normalized spacial score (nSPS) is 14.9. The summed E-state index contributed by atoms with van der Waals surface area (Å²) in [7, 11) is 0. The van der Waals surface area contributed by atoms with Crippen LogP contribution in [0.3, 0.4) is 0 Å². The maximum atomic E-state index is 13.4. The first-order valence-corrected chi connectivity index (χ1v) is 6.54.